The van der Waals surface area contributed by atoms with Gasteiger partial charge in [0, 0.05) is 41.9 Å². The molecule has 1 aromatic heterocycles. The molecule has 8 heteroatoms. The van der Waals surface area contributed by atoms with Crippen molar-refractivity contribution in [2.75, 3.05) is 13.1 Å². The highest BCUT2D eigenvalue weighted by atomic mass is 35.5. The monoisotopic (exact) mass is 410 g/mol. The molecule has 0 aliphatic carbocycles. The number of likely N-dealkylation sites (tertiary alicyclic amines) is 1. The topological polar surface area (TPSA) is 87.3 Å². The van der Waals surface area contributed by atoms with Gasteiger partial charge in [-0.05, 0) is 42.8 Å². The number of nitrogens with one attached hydrogen (secondary N) is 2. The second-order valence-electron chi connectivity index (χ2n) is 7.61. The largest absolute Gasteiger partial charge is 0.467 e. The van der Waals surface area contributed by atoms with E-state index in [4.69, 9.17) is 16.3 Å². The van der Waals surface area contributed by atoms with Gasteiger partial charge in [-0.1, -0.05) is 11.6 Å². The Labute approximate surface area is 172 Å². The normalized spacial score (nSPS) is 17.7. The van der Waals surface area contributed by atoms with E-state index in [0.29, 0.717) is 47.8 Å². The first kappa shape index (κ1) is 18.0. The number of rotatable bonds is 1. The number of nitrogens with zero attached hydrogens (tertiary/aromatic N) is 2. The third kappa shape index (κ3) is 3.02. The van der Waals surface area contributed by atoms with Crippen LogP contribution in [0.25, 0.3) is 10.9 Å². The van der Waals surface area contributed by atoms with Crippen LogP contribution in [-0.4, -0.2) is 45.7 Å². The summed E-state index contributed by atoms with van der Waals surface area (Å²) in [6, 6.07) is 8.77. The minimum atomic E-state index is -0.793. The summed E-state index contributed by atoms with van der Waals surface area (Å²) >= 11 is 5.99. The van der Waals surface area contributed by atoms with E-state index < -0.39 is 5.72 Å². The Morgan fingerprint density at radius 1 is 1.24 bits per heavy atom. The zero-order chi connectivity index (χ0) is 20.2. The van der Waals surface area contributed by atoms with Crippen LogP contribution in [0.15, 0.2) is 36.5 Å². The molecule has 7 nitrogen and oxygen atoms in total. The summed E-state index contributed by atoms with van der Waals surface area (Å²) in [5.41, 5.74) is 2.21. The maximum Gasteiger partial charge on any atom is 0.258 e. The lowest BCUT2D eigenvalue weighted by molar-refractivity contribution is -0.0245. The molecule has 0 saturated carbocycles. The Kier molecular flexibility index (Phi) is 4.03. The average Bonchev–Trinajstić information content (AvgIpc) is 3.18. The predicted octanol–water partition coefficient (Wildman–Crippen LogP) is 3.28. The van der Waals surface area contributed by atoms with Crippen LogP contribution in [-0.2, 0) is 0 Å². The van der Waals surface area contributed by atoms with E-state index in [1.807, 2.05) is 19.1 Å². The van der Waals surface area contributed by atoms with Crippen molar-refractivity contribution >= 4 is 34.3 Å². The molecule has 3 heterocycles. The summed E-state index contributed by atoms with van der Waals surface area (Å²) < 4.78 is 6.14. The van der Waals surface area contributed by atoms with Crippen LogP contribution >= 0.6 is 11.6 Å². The highest BCUT2D eigenvalue weighted by molar-refractivity contribution is 6.31. The van der Waals surface area contributed by atoms with Crippen LogP contribution in [0.3, 0.4) is 0 Å². The standard InChI is InChI=1S/C21H19ClN4O3/c1-12-8-13(9-14-11-23-25-18(12)14)20(28)26-6-4-21(5-7-26)24-19(27)16-10-15(22)2-3-17(16)29-21/h2-3,8-11H,4-7H2,1H3,(H,23,25)(H,24,27). The van der Waals surface area contributed by atoms with Gasteiger partial charge in [-0.15, -0.1) is 0 Å². The van der Waals surface area contributed by atoms with Crippen LogP contribution in [0.4, 0.5) is 0 Å². The van der Waals surface area contributed by atoms with Crippen molar-refractivity contribution < 1.29 is 14.3 Å². The molecule has 0 radical (unpaired) electrons. The van der Waals surface area contributed by atoms with E-state index in [0.717, 1.165) is 16.5 Å². The summed E-state index contributed by atoms with van der Waals surface area (Å²) in [5, 5.41) is 11.4. The van der Waals surface area contributed by atoms with Gasteiger partial charge in [0.25, 0.3) is 11.8 Å². The van der Waals surface area contributed by atoms with Gasteiger partial charge >= 0.3 is 0 Å². The van der Waals surface area contributed by atoms with Gasteiger partial charge in [-0.25, -0.2) is 0 Å². The minimum Gasteiger partial charge on any atom is -0.467 e. The smallest absolute Gasteiger partial charge is 0.258 e. The van der Waals surface area contributed by atoms with Gasteiger partial charge < -0.3 is 15.0 Å². The lowest BCUT2D eigenvalue weighted by Crippen LogP contribution is -2.61. The van der Waals surface area contributed by atoms with Crippen molar-refractivity contribution in [3.05, 3.63) is 58.2 Å². The van der Waals surface area contributed by atoms with E-state index in [-0.39, 0.29) is 11.8 Å². The summed E-state index contributed by atoms with van der Waals surface area (Å²) in [6.07, 6.45) is 2.75. The molecule has 0 unspecified atom stereocenters. The minimum absolute atomic E-state index is 0.0274. The lowest BCUT2D eigenvalue weighted by Gasteiger charge is -2.44. The number of aryl methyl sites for hydroxylation is 1. The Hall–Kier alpha value is -3.06. The predicted molar refractivity (Wildman–Crippen MR) is 108 cm³/mol. The summed E-state index contributed by atoms with van der Waals surface area (Å²) in [6.45, 7) is 2.94. The van der Waals surface area contributed by atoms with E-state index in [9.17, 15) is 9.59 Å². The number of aromatic nitrogens is 2. The number of ether oxygens (including phenoxy) is 1. The fourth-order valence-electron chi connectivity index (χ4n) is 4.12. The number of amides is 2. The molecular formula is C21H19ClN4O3. The molecule has 2 aliphatic heterocycles. The van der Waals surface area contributed by atoms with Gasteiger partial charge in [-0.3, -0.25) is 14.7 Å². The van der Waals surface area contributed by atoms with Crippen LogP contribution in [0.2, 0.25) is 5.02 Å². The van der Waals surface area contributed by atoms with Gasteiger partial charge in [0.15, 0.2) is 5.72 Å². The lowest BCUT2D eigenvalue weighted by atomic mass is 9.96. The Morgan fingerprint density at radius 3 is 2.83 bits per heavy atom. The van der Waals surface area contributed by atoms with Crippen molar-refractivity contribution in [1.82, 2.24) is 20.4 Å². The SMILES string of the molecule is Cc1cc(C(=O)N2CCC3(CC2)NC(=O)c2cc(Cl)ccc2O3)cc2cn[nH]c12. The molecule has 29 heavy (non-hydrogen) atoms. The van der Waals surface area contributed by atoms with Gasteiger partial charge in [-0.2, -0.15) is 5.10 Å². The summed E-state index contributed by atoms with van der Waals surface area (Å²) in [4.78, 5) is 27.4. The molecule has 1 spiro atoms. The number of fused-ring (bicyclic) bond motifs is 2. The molecule has 2 N–H and O–H groups in total. The van der Waals surface area contributed by atoms with Gasteiger partial charge in [0.1, 0.15) is 5.75 Å². The highest BCUT2D eigenvalue weighted by Crippen LogP contribution is 2.35. The number of aromatic amines is 1. The maximum absolute atomic E-state index is 13.0. The van der Waals surface area contributed by atoms with Crippen LogP contribution in [0, 0.1) is 6.92 Å². The zero-order valence-electron chi connectivity index (χ0n) is 15.8. The van der Waals surface area contributed by atoms with E-state index in [1.165, 1.54) is 0 Å². The number of carbonyl (C=O) groups is 2. The molecule has 1 saturated heterocycles. The van der Waals surface area contributed by atoms with Crippen molar-refractivity contribution in [3.8, 4) is 5.75 Å². The Balaban J connectivity index is 1.34. The first-order valence-corrected chi connectivity index (χ1v) is 9.86. The summed E-state index contributed by atoms with van der Waals surface area (Å²) in [5.74, 6) is 0.300. The number of hydrogen-bond donors (Lipinski definition) is 2. The number of piperidine rings is 1. The number of carbonyl (C=O) groups excluding carboxylic acids is 2. The van der Waals surface area contributed by atoms with Gasteiger partial charge in [0.05, 0.1) is 17.3 Å². The first-order chi connectivity index (χ1) is 13.9. The number of H-pyrrole nitrogens is 1. The molecule has 0 atom stereocenters. The zero-order valence-corrected chi connectivity index (χ0v) is 16.5. The third-order valence-electron chi connectivity index (χ3n) is 5.68. The van der Waals surface area contributed by atoms with Crippen molar-refractivity contribution in [2.45, 2.75) is 25.5 Å². The highest BCUT2D eigenvalue weighted by Gasteiger charge is 2.43. The van der Waals surface area contributed by atoms with E-state index in [2.05, 4.69) is 15.5 Å². The molecule has 2 aliphatic rings. The maximum atomic E-state index is 13.0. The van der Waals surface area contributed by atoms with Crippen LogP contribution in [0.1, 0.15) is 39.1 Å². The van der Waals surface area contributed by atoms with Crippen molar-refractivity contribution in [1.29, 1.82) is 0 Å². The third-order valence-corrected chi connectivity index (χ3v) is 5.92. The summed E-state index contributed by atoms with van der Waals surface area (Å²) in [7, 11) is 0. The van der Waals surface area contributed by atoms with Crippen LogP contribution in [0.5, 0.6) is 5.75 Å². The molecule has 3 aromatic rings. The molecule has 2 amide bonds. The average molecular weight is 411 g/mol. The molecule has 5 rings (SSSR count). The van der Waals surface area contributed by atoms with Gasteiger partial charge in [0.2, 0.25) is 0 Å². The van der Waals surface area contributed by atoms with Crippen molar-refractivity contribution in [2.24, 2.45) is 0 Å². The Morgan fingerprint density at radius 2 is 2.03 bits per heavy atom. The first-order valence-electron chi connectivity index (χ1n) is 9.48. The molecule has 1 fully saturated rings. The molecular weight excluding hydrogens is 392 g/mol. The van der Waals surface area contributed by atoms with Crippen LogP contribution < -0.4 is 10.1 Å². The quantitative estimate of drug-likeness (QED) is 0.644. The number of hydrogen-bond acceptors (Lipinski definition) is 4. The number of benzene rings is 2. The second-order valence-corrected chi connectivity index (χ2v) is 8.05. The van der Waals surface area contributed by atoms with E-state index >= 15 is 0 Å². The Bertz CT molecular complexity index is 1150. The molecule has 2 aromatic carbocycles. The van der Waals surface area contributed by atoms with E-state index in [1.54, 1.807) is 29.3 Å². The molecule has 0 bridgehead atoms. The van der Waals surface area contributed by atoms with Crippen molar-refractivity contribution in [3.63, 3.8) is 0 Å². The number of halogens is 1. The second kappa shape index (κ2) is 6.49. The molecule has 148 valence electrons. The fourth-order valence-corrected chi connectivity index (χ4v) is 4.29. The fraction of sp³-hybridized carbons (Fsp3) is 0.286.